The molecule has 2 unspecified atom stereocenters. The van der Waals surface area contributed by atoms with Crippen LogP contribution in [0, 0.1) is 11.3 Å². The van der Waals surface area contributed by atoms with E-state index in [-0.39, 0.29) is 12.0 Å². The molecule has 2 atom stereocenters. The Kier molecular flexibility index (Phi) is 5.17. The van der Waals surface area contributed by atoms with Crippen LogP contribution in [0.25, 0.3) is 0 Å². The maximum absolute atomic E-state index is 9.52. The normalized spacial score (nSPS) is 19.6. The number of hydrogen-bond donors (Lipinski definition) is 0. The Labute approximate surface area is 122 Å². The van der Waals surface area contributed by atoms with Gasteiger partial charge >= 0.3 is 0 Å². The van der Waals surface area contributed by atoms with E-state index >= 15 is 0 Å². The maximum atomic E-state index is 9.52. The zero-order valence-electron chi connectivity index (χ0n) is 12.7. The second-order valence-corrected chi connectivity index (χ2v) is 5.83. The highest BCUT2D eigenvalue weighted by molar-refractivity contribution is 5.29. The van der Waals surface area contributed by atoms with E-state index < -0.39 is 0 Å². The summed E-state index contributed by atoms with van der Waals surface area (Å²) < 4.78 is 5.37. The van der Waals surface area contributed by atoms with Crippen LogP contribution < -0.4 is 0 Å². The number of nitriles is 1. The molecule has 1 aromatic carbocycles. The molecule has 2 rings (SSSR count). The average Bonchev–Trinajstić information content (AvgIpc) is 2.49. The predicted molar refractivity (Wildman–Crippen MR) is 80.7 cm³/mol. The van der Waals surface area contributed by atoms with Crippen LogP contribution in [0.15, 0.2) is 24.3 Å². The molecule has 0 saturated carbocycles. The Morgan fingerprint density at radius 1 is 1.05 bits per heavy atom. The zero-order chi connectivity index (χ0) is 14.5. The van der Waals surface area contributed by atoms with Gasteiger partial charge in [-0.15, -0.1) is 0 Å². The highest BCUT2D eigenvalue weighted by Crippen LogP contribution is 2.25. The second-order valence-electron chi connectivity index (χ2n) is 5.83. The van der Waals surface area contributed by atoms with E-state index in [1.54, 1.807) is 0 Å². The van der Waals surface area contributed by atoms with Crippen LogP contribution in [-0.2, 0) is 4.74 Å². The number of morpholine rings is 1. The molecular formula is C17H24N2O. The Bertz CT molecular complexity index is 455. The van der Waals surface area contributed by atoms with E-state index in [0.29, 0.717) is 5.92 Å². The molecule has 0 N–H and O–H groups in total. The molecule has 0 aliphatic carbocycles. The van der Waals surface area contributed by atoms with Crippen LogP contribution in [0.5, 0.6) is 0 Å². The Morgan fingerprint density at radius 2 is 1.60 bits per heavy atom. The smallest absolute Gasteiger partial charge is 0.105 e. The molecule has 0 amide bonds. The topological polar surface area (TPSA) is 36.3 Å². The van der Waals surface area contributed by atoms with Crippen molar-refractivity contribution >= 4 is 0 Å². The molecule has 0 aromatic heterocycles. The minimum atomic E-state index is -0.0659. The van der Waals surface area contributed by atoms with Crippen LogP contribution in [0.3, 0.4) is 0 Å². The summed E-state index contributed by atoms with van der Waals surface area (Å²) in [5.74, 6) is 0.768. The molecule has 0 radical (unpaired) electrons. The third-order valence-electron chi connectivity index (χ3n) is 4.17. The summed E-state index contributed by atoms with van der Waals surface area (Å²) in [6.45, 7) is 9.72. The standard InChI is InChI=1S/C17H24N2O/c1-13(2)15-4-6-16(7-5-15)14(3)17(12-18)19-8-10-20-11-9-19/h4-7,13-14,17H,8-11H2,1-3H3. The fourth-order valence-electron chi connectivity index (χ4n) is 2.73. The van der Waals surface area contributed by atoms with Crippen molar-refractivity contribution in [1.29, 1.82) is 5.26 Å². The van der Waals surface area contributed by atoms with Gasteiger partial charge in [0.15, 0.2) is 0 Å². The quantitative estimate of drug-likeness (QED) is 0.845. The Hall–Kier alpha value is -1.37. The van der Waals surface area contributed by atoms with Crippen LogP contribution in [0.4, 0.5) is 0 Å². The van der Waals surface area contributed by atoms with E-state index in [9.17, 15) is 5.26 Å². The van der Waals surface area contributed by atoms with Crippen molar-refractivity contribution < 1.29 is 4.74 Å². The molecule has 1 fully saturated rings. The molecule has 108 valence electrons. The fourth-order valence-corrected chi connectivity index (χ4v) is 2.73. The molecule has 3 nitrogen and oxygen atoms in total. The van der Waals surface area contributed by atoms with Gasteiger partial charge < -0.3 is 4.74 Å². The monoisotopic (exact) mass is 272 g/mol. The van der Waals surface area contributed by atoms with Gasteiger partial charge in [-0.05, 0) is 17.0 Å². The van der Waals surface area contributed by atoms with Gasteiger partial charge in [0, 0.05) is 19.0 Å². The molecule has 20 heavy (non-hydrogen) atoms. The lowest BCUT2D eigenvalue weighted by Gasteiger charge is -2.33. The third-order valence-corrected chi connectivity index (χ3v) is 4.17. The summed E-state index contributed by atoms with van der Waals surface area (Å²) in [5, 5.41) is 9.52. The zero-order valence-corrected chi connectivity index (χ0v) is 12.7. The summed E-state index contributed by atoms with van der Waals surface area (Å²) in [6, 6.07) is 11.1. The molecule has 3 heteroatoms. The van der Waals surface area contributed by atoms with Gasteiger partial charge in [-0.2, -0.15) is 5.26 Å². The molecule has 1 aliphatic rings. The minimum Gasteiger partial charge on any atom is -0.379 e. The van der Waals surface area contributed by atoms with E-state index in [2.05, 4.69) is 56.0 Å². The highest BCUT2D eigenvalue weighted by atomic mass is 16.5. The van der Waals surface area contributed by atoms with Gasteiger partial charge in [0.05, 0.1) is 19.3 Å². The Balaban J connectivity index is 2.11. The van der Waals surface area contributed by atoms with Crippen molar-refractivity contribution in [2.75, 3.05) is 26.3 Å². The number of nitrogens with zero attached hydrogens (tertiary/aromatic N) is 2. The van der Waals surface area contributed by atoms with E-state index in [1.807, 2.05) is 0 Å². The van der Waals surface area contributed by atoms with Gasteiger partial charge in [0.1, 0.15) is 6.04 Å². The van der Waals surface area contributed by atoms with Gasteiger partial charge in [-0.25, -0.2) is 0 Å². The average molecular weight is 272 g/mol. The van der Waals surface area contributed by atoms with E-state index in [0.717, 1.165) is 26.3 Å². The summed E-state index contributed by atoms with van der Waals surface area (Å²) in [5.41, 5.74) is 2.59. The lowest BCUT2D eigenvalue weighted by molar-refractivity contribution is 0.0231. The lowest BCUT2D eigenvalue weighted by atomic mass is 9.91. The Morgan fingerprint density at radius 3 is 2.10 bits per heavy atom. The van der Waals surface area contributed by atoms with Crippen molar-refractivity contribution in [3.05, 3.63) is 35.4 Å². The number of benzene rings is 1. The summed E-state index contributed by atoms with van der Waals surface area (Å²) >= 11 is 0. The minimum absolute atomic E-state index is 0.0659. The lowest BCUT2D eigenvalue weighted by Crippen LogP contribution is -2.45. The molecular weight excluding hydrogens is 248 g/mol. The second kappa shape index (κ2) is 6.88. The molecule has 0 bridgehead atoms. The highest BCUT2D eigenvalue weighted by Gasteiger charge is 2.26. The van der Waals surface area contributed by atoms with E-state index in [1.165, 1.54) is 11.1 Å². The van der Waals surface area contributed by atoms with Crippen molar-refractivity contribution in [2.24, 2.45) is 0 Å². The first kappa shape index (κ1) is 15.0. The van der Waals surface area contributed by atoms with Gasteiger partial charge in [0.2, 0.25) is 0 Å². The molecule has 1 aliphatic heterocycles. The van der Waals surface area contributed by atoms with Gasteiger partial charge in [-0.3, -0.25) is 4.90 Å². The SMILES string of the molecule is CC(C)c1ccc(C(C)C(C#N)N2CCOCC2)cc1. The maximum Gasteiger partial charge on any atom is 0.105 e. The summed E-state index contributed by atoms with van der Waals surface area (Å²) in [7, 11) is 0. The predicted octanol–water partition coefficient (Wildman–Crippen LogP) is 3.14. The number of rotatable bonds is 4. The van der Waals surface area contributed by atoms with E-state index in [4.69, 9.17) is 4.74 Å². The van der Waals surface area contributed by atoms with Crippen LogP contribution in [0.1, 0.15) is 43.7 Å². The van der Waals surface area contributed by atoms with Crippen molar-refractivity contribution in [1.82, 2.24) is 4.90 Å². The fraction of sp³-hybridized carbons (Fsp3) is 0.588. The number of ether oxygens (including phenoxy) is 1. The largest absolute Gasteiger partial charge is 0.379 e. The molecule has 1 heterocycles. The first-order valence-corrected chi connectivity index (χ1v) is 7.44. The van der Waals surface area contributed by atoms with Crippen LogP contribution in [0.2, 0.25) is 0 Å². The van der Waals surface area contributed by atoms with Crippen molar-refractivity contribution in [3.63, 3.8) is 0 Å². The molecule has 0 spiro atoms. The number of hydrogen-bond acceptors (Lipinski definition) is 3. The van der Waals surface area contributed by atoms with Crippen molar-refractivity contribution in [3.8, 4) is 6.07 Å². The van der Waals surface area contributed by atoms with Gasteiger partial charge in [-0.1, -0.05) is 45.0 Å². The third kappa shape index (κ3) is 3.39. The van der Waals surface area contributed by atoms with Crippen LogP contribution >= 0.6 is 0 Å². The summed E-state index contributed by atoms with van der Waals surface area (Å²) in [4.78, 5) is 2.24. The summed E-state index contributed by atoms with van der Waals surface area (Å²) in [6.07, 6.45) is 0. The molecule has 1 aromatic rings. The van der Waals surface area contributed by atoms with Gasteiger partial charge in [0.25, 0.3) is 0 Å². The first-order valence-electron chi connectivity index (χ1n) is 7.44. The van der Waals surface area contributed by atoms with Crippen molar-refractivity contribution in [2.45, 2.75) is 38.6 Å². The van der Waals surface area contributed by atoms with Crippen LogP contribution in [-0.4, -0.2) is 37.2 Å². The molecule has 1 saturated heterocycles. The first-order chi connectivity index (χ1) is 9.63.